The lowest BCUT2D eigenvalue weighted by Gasteiger charge is -2.30. The third-order valence-corrected chi connectivity index (χ3v) is 9.05. The van der Waals surface area contributed by atoms with Gasteiger partial charge in [-0.2, -0.15) is 13.1 Å². The molecule has 0 aromatic carbocycles. The number of thiophene rings is 1. The van der Waals surface area contributed by atoms with Crippen LogP contribution >= 0.6 is 23.1 Å². The van der Waals surface area contributed by atoms with Gasteiger partial charge in [-0.3, -0.25) is 0 Å². The average molecular weight is 484 g/mol. The highest BCUT2D eigenvalue weighted by Gasteiger charge is 2.38. The predicted molar refractivity (Wildman–Crippen MR) is 122 cm³/mol. The molecule has 0 spiro atoms. The van der Waals surface area contributed by atoms with Crippen LogP contribution in [0.3, 0.4) is 0 Å². The van der Waals surface area contributed by atoms with Crippen LogP contribution in [0.5, 0.6) is 5.75 Å². The molecule has 3 aromatic rings. The number of hydrogen-bond donors (Lipinski definition) is 3. The molecule has 1 saturated carbocycles. The number of hydrogen-bond acceptors (Lipinski definition) is 10. The average Bonchev–Trinajstić information content (AvgIpc) is 3.06. The normalized spacial score (nSPS) is 15.9. The maximum Gasteiger partial charge on any atom is 0.256 e. The summed E-state index contributed by atoms with van der Waals surface area (Å²) in [6, 6.07) is 3.57. The zero-order valence-corrected chi connectivity index (χ0v) is 20.1. The Morgan fingerprint density at radius 3 is 2.61 bits per heavy atom. The maximum absolute atomic E-state index is 12.8. The van der Waals surface area contributed by atoms with Crippen LogP contribution < -0.4 is 10.6 Å². The van der Waals surface area contributed by atoms with Crippen LogP contribution in [0.2, 0.25) is 0 Å². The first-order chi connectivity index (χ1) is 14.6. The van der Waals surface area contributed by atoms with Crippen molar-refractivity contribution >= 4 is 50.4 Å². The van der Waals surface area contributed by atoms with Crippen LogP contribution in [0, 0.1) is 5.41 Å². The molecule has 31 heavy (non-hydrogen) atoms. The van der Waals surface area contributed by atoms with E-state index in [0.717, 1.165) is 41.7 Å². The zero-order valence-electron chi connectivity index (χ0n) is 17.6. The summed E-state index contributed by atoms with van der Waals surface area (Å²) in [6.45, 7) is 6.24. The third kappa shape index (κ3) is 4.43. The van der Waals surface area contributed by atoms with Crippen molar-refractivity contribution in [2.75, 3.05) is 17.7 Å². The third-order valence-electron chi connectivity index (χ3n) is 5.12. The molecule has 3 heterocycles. The molecule has 3 N–H and O–H groups in total. The predicted octanol–water partition coefficient (Wildman–Crippen LogP) is 4.62. The van der Waals surface area contributed by atoms with E-state index < -0.39 is 10.0 Å². The molecule has 0 bridgehead atoms. The van der Waals surface area contributed by atoms with Gasteiger partial charge in [-0.15, -0.1) is 11.3 Å². The second-order valence-corrected chi connectivity index (χ2v) is 12.2. The van der Waals surface area contributed by atoms with Gasteiger partial charge < -0.3 is 20.2 Å². The summed E-state index contributed by atoms with van der Waals surface area (Å²) in [6.07, 6.45) is 3.31. The Morgan fingerprint density at radius 1 is 1.29 bits per heavy atom. The Balaban J connectivity index is 1.57. The first kappa shape index (κ1) is 22.1. The summed E-state index contributed by atoms with van der Waals surface area (Å²) in [5.74, 6) is 1.35. The van der Waals surface area contributed by atoms with E-state index >= 15 is 0 Å². The summed E-state index contributed by atoms with van der Waals surface area (Å²) in [5, 5.41) is 18.6. The van der Waals surface area contributed by atoms with E-state index in [0.29, 0.717) is 11.6 Å². The zero-order chi connectivity index (χ0) is 22.4. The number of anilines is 3. The summed E-state index contributed by atoms with van der Waals surface area (Å²) in [7, 11) is -2.19. The summed E-state index contributed by atoms with van der Waals surface area (Å²) in [4.78, 5) is 0. The van der Waals surface area contributed by atoms with E-state index in [9.17, 15) is 13.5 Å². The molecule has 1 aliphatic carbocycles. The number of nitrogens with zero attached hydrogens (tertiary/aromatic N) is 3. The van der Waals surface area contributed by atoms with E-state index in [2.05, 4.69) is 40.2 Å². The first-order valence-corrected chi connectivity index (χ1v) is 12.8. The second-order valence-electron chi connectivity index (χ2n) is 8.58. The van der Waals surface area contributed by atoms with Crippen LogP contribution in [0.25, 0.3) is 0 Å². The Hall–Kier alpha value is -2.15. The van der Waals surface area contributed by atoms with Crippen LogP contribution in [0.4, 0.5) is 17.3 Å². The van der Waals surface area contributed by atoms with Gasteiger partial charge in [0.1, 0.15) is 5.76 Å². The summed E-state index contributed by atoms with van der Waals surface area (Å²) < 4.78 is 41.1. The second kappa shape index (κ2) is 8.08. The van der Waals surface area contributed by atoms with Gasteiger partial charge in [0.2, 0.25) is 0 Å². The van der Waals surface area contributed by atoms with Crippen LogP contribution in [0.15, 0.2) is 32.4 Å². The standard InChI is InChI=1S/C19H25N5O4S3/c1-19(2,3)15(13-6-5-9-28-13)21-17-16(22-30-23-17)20-12-10-29-18(14(12)25)31(26,27)24(4)11-7-8-11/h5-6,9-11,15,25H,7-8H2,1-4H3,(H,20,22)(H,21,23)/t15-/m0/s1. The fourth-order valence-electron chi connectivity index (χ4n) is 3.17. The minimum Gasteiger partial charge on any atom is -0.504 e. The minimum atomic E-state index is -3.74. The number of sulfonamides is 1. The molecule has 168 valence electrons. The lowest BCUT2D eigenvalue weighted by molar-refractivity contribution is 0.304. The van der Waals surface area contributed by atoms with Crippen LogP contribution in [0.1, 0.15) is 45.4 Å². The smallest absolute Gasteiger partial charge is 0.256 e. The molecule has 4 rings (SSSR count). The van der Waals surface area contributed by atoms with Crippen molar-refractivity contribution in [2.45, 2.75) is 49.9 Å². The van der Waals surface area contributed by atoms with Crippen LogP contribution in [-0.2, 0) is 10.0 Å². The molecule has 0 amide bonds. The van der Waals surface area contributed by atoms with E-state index in [1.165, 1.54) is 4.31 Å². The van der Waals surface area contributed by atoms with Crippen molar-refractivity contribution in [3.05, 3.63) is 29.5 Å². The Kier molecular flexibility index (Phi) is 5.75. The van der Waals surface area contributed by atoms with Crippen molar-refractivity contribution in [3.63, 3.8) is 0 Å². The summed E-state index contributed by atoms with van der Waals surface area (Å²) in [5.41, 5.74) is 0.0894. The molecule has 9 nitrogen and oxygen atoms in total. The van der Waals surface area contributed by atoms with Gasteiger partial charge in [-0.05, 0) is 30.4 Å². The highest BCUT2D eigenvalue weighted by molar-refractivity contribution is 7.91. The minimum absolute atomic E-state index is 0.0115. The van der Waals surface area contributed by atoms with Crippen molar-refractivity contribution in [1.82, 2.24) is 13.1 Å². The SMILES string of the molecule is CN(C1CC1)S(=O)(=O)c1scc(Nc2nsnc2N[C@@H](c2ccco2)C(C)(C)C)c1O. The van der Waals surface area contributed by atoms with Gasteiger partial charge in [0.15, 0.2) is 21.6 Å². The number of nitrogens with one attached hydrogen (secondary N) is 2. The van der Waals surface area contributed by atoms with Crippen molar-refractivity contribution in [2.24, 2.45) is 5.41 Å². The molecular weight excluding hydrogens is 458 g/mol. The number of rotatable bonds is 8. The number of furan rings is 1. The van der Waals surface area contributed by atoms with Gasteiger partial charge in [-0.25, -0.2) is 8.42 Å². The van der Waals surface area contributed by atoms with Crippen molar-refractivity contribution in [3.8, 4) is 5.75 Å². The van der Waals surface area contributed by atoms with Gasteiger partial charge in [0, 0.05) is 18.5 Å². The topological polar surface area (TPSA) is 121 Å². The molecule has 3 aromatic heterocycles. The Bertz CT molecular complexity index is 1140. The fraction of sp³-hybridized carbons (Fsp3) is 0.474. The molecule has 12 heteroatoms. The number of aromatic hydroxyl groups is 1. The molecule has 1 fully saturated rings. The molecular formula is C19H25N5O4S3. The van der Waals surface area contributed by atoms with Gasteiger partial charge in [0.05, 0.1) is 29.7 Å². The Morgan fingerprint density at radius 2 is 2.00 bits per heavy atom. The molecule has 0 radical (unpaired) electrons. The van der Waals surface area contributed by atoms with E-state index in [4.69, 9.17) is 4.42 Å². The molecule has 0 aliphatic heterocycles. The number of aromatic nitrogens is 2. The molecule has 0 saturated heterocycles. The molecule has 1 atom stereocenters. The lowest BCUT2D eigenvalue weighted by atomic mass is 9.85. The molecule has 1 aliphatic rings. The van der Waals surface area contributed by atoms with Crippen molar-refractivity contribution in [1.29, 1.82) is 0 Å². The summed E-state index contributed by atoms with van der Waals surface area (Å²) >= 11 is 1.99. The first-order valence-electron chi connectivity index (χ1n) is 9.77. The highest BCUT2D eigenvalue weighted by Crippen LogP contribution is 2.43. The monoisotopic (exact) mass is 483 g/mol. The van der Waals surface area contributed by atoms with E-state index in [-0.39, 0.29) is 33.1 Å². The maximum atomic E-state index is 12.8. The van der Waals surface area contributed by atoms with E-state index in [1.54, 1.807) is 18.7 Å². The van der Waals surface area contributed by atoms with Gasteiger partial charge in [-0.1, -0.05) is 20.8 Å². The molecule has 0 unspecified atom stereocenters. The highest BCUT2D eigenvalue weighted by atomic mass is 32.2. The quantitative estimate of drug-likeness (QED) is 0.424. The van der Waals surface area contributed by atoms with Gasteiger partial charge >= 0.3 is 0 Å². The lowest BCUT2D eigenvalue weighted by Crippen LogP contribution is -2.28. The largest absolute Gasteiger partial charge is 0.504 e. The fourth-order valence-corrected chi connectivity index (χ4v) is 6.47. The van der Waals surface area contributed by atoms with Gasteiger partial charge in [0.25, 0.3) is 10.0 Å². The van der Waals surface area contributed by atoms with Crippen molar-refractivity contribution < 1.29 is 17.9 Å². The van der Waals surface area contributed by atoms with Crippen LogP contribution in [-0.4, -0.2) is 39.7 Å². The van der Waals surface area contributed by atoms with E-state index in [1.807, 2.05) is 12.1 Å². The Labute approximate surface area is 189 Å².